The lowest BCUT2D eigenvalue weighted by molar-refractivity contribution is -0.150. The summed E-state index contributed by atoms with van der Waals surface area (Å²) in [5.74, 6) is -3.24. The van der Waals surface area contributed by atoms with Crippen molar-refractivity contribution in [1.29, 1.82) is 0 Å². The lowest BCUT2D eigenvalue weighted by atomic mass is 10.0. The largest absolute Gasteiger partial charge is 0.498 e. The molecule has 5 N–H and O–H groups in total. The second-order valence-electron chi connectivity index (χ2n) is 8.27. The van der Waals surface area contributed by atoms with Gasteiger partial charge in [-0.05, 0) is 20.8 Å². The SMILES string of the molecule is COC1=C(C(=O)O)N2C(=O)C(NC(=O)/C(=N/OCC(=O)NOC(C)(C)C)c3nc(N)sc3Cl)[C@H]2SC1. The van der Waals surface area contributed by atoms with Crippen LogP contribution in [-0.4, -0.2) is 80.9 Å². The molecule has 2 aliphatic heterocycles. The van der Waals surface area contributed by atoms with Gasteiger partial charge in [-0.2, -0.15) is 0 Å². The minimum atomic E-state index is -1.33. The van der Waals surface area contributed by atoms with E-state index in [0.29, 0.717) is 0 Å². The van der Waals surface area contributed by atoms with Gasteiger partial charge in [-0.15, -0.1) is 11.8 Å². The van der Waals surface area contributed by atoms with Gasteiger partial charge in [0, 0.05) is 0 Å². The van der Waals surface area contributed by atoms with Crippen molar-refractivity contribution in [2.75, 3.05) is 25.2 Å². The topological polar surface area (TPSA) is 195 Å². The number of amides is 3. The Labute approximate surface area is 218 Å². The van der Waals surface area contributed by atoms with E-state index in [9.17, 15) is 24.3 Å². The second kappa shape index (κ2) is 10.9. The third-order valence-corrected chi connectivity index (χ3v) is 6.87. The Morgan fingerprint density at radius 3 is 2.61 bits per heavy atom. The third-order valence-electron chi connectivity index (χ3n) is 4.53. The maximum atomic E-state index is 13.1. The van der Waals surface area contributed by atoms with E-state index in [4.69, 9.17) is 31.7 Å². The number of hydrogen-bond acceptors (Lipinski definition) is 12. The van der Waals surface area contributed by atoms with Crippen molar-refractivity contribution in [3.8, 4) is 0 Å². The standard InChI is InChI=1S/C19H23ClN6O8S2/c1-19(2,3)34-24-8(27)5-33-25-10(9-13(20)36-18(21)23-9)14(28)22-11-15(29)26-12(17(30)31)7(32-4)6-35-16(11)26/h11,16H,5-6H2,1-4H3,(H2,21,23)(H,22,28)(H,24,27)(H,30,31)/b25-10+/t11?,16-/m1/s1. The smallest absolute Gasteiger partial charge is 0.356 e. The Morgan fingerprint density at radius 2 is 2.06 bits per heavy atom. The molecule has 0 spiro atoms. The Balaban J connectivity index is 1.75. The van der Waals surface area contributed by atoms with Crippen LogP contribution < -0.4 is 16.5 Å². The Hall–Kier alpha value is -3.08. The number of carboxylic acid groups (broad SMARTS) is 1. The number of thiazole rings is 1. The second-order valence-corrected chi connectivity index (χ2v) is 11.0. The number of nitrogens with two attached hydrogens (primary N) is 1. The number of carbonyl (C=O) groups excluding carboxylic acids is 3. The van der Waals surface area contributed by atoms with Crippen molar-refractivity contribution in [3.05, 3.63) is 21.5 Å². The number of oxime groups is 1. The summed E-state index contributed by atoms with van der Waals surface area (Å²) in [4.78, 5) is 64.5. The van der Waals surface area contributed by atoms with Gasteiger partial charge in [0.15, 0.2) is 23.1 Å². The van der Waals surface area contributed by atoms with Gasteiger partial charge in [-0.1, -0.05) is 28.1 Å². The molecule has 2 atom stereocenters. The minimum absolute atomic E-state index is 0.0277. The molecule has 17 heteroatoms. The number of methoxy groups -OCH3 is 1. The first kappa shape index (κ1) is 27.5. The number of hydrogen-bond donors (Lipinski definition) is 4. The van der Waals surface area contributed by atoms with Gasteiger partial charge >= 0.3 is 5.97 Å². The molecule has 0 aliphatic carbocycles. The van der Waals surface area contributed by atoms with E-state index in [1.165, 1.54) is 18.9 Å². The number of thioether (sulfide) groups is 1. The van der Waals surface area contributed by atoms with Gasteiger partial charge < -0.3 is 25.7 Å². The third kappa shape index (κ3) is 6.00. The number of halogens is 1. The van der Waals surface area contributed by atoms with E-state index in [2.05, 4.69) is 20.9 Å². The highest BCUT2D eigenvalue weighted by Gasteiger charge is 2.55. The molecule has 0 saturated carbocycles. The van der Waals surface area contributed by atoms with Crippen LogP contribution in [0.4, 0.5) is 5.13 Å². The normalized spacial score (nSPS) is 19.9. The molecule has 2 aliphatic rings. The predicted molar refractivity (Wildman–Crippen MR) is 130 cm³/mol. The summed E-state index contributed by atoms with van der Waals surface area (Å²) in [5, 5.41) is 15.1. The maximum Gasteiger partial charge on any atom is 0.356 e. The fourth-order valence-corrected chi connectivity index (χ4v) is 5.25. The zero-order valence-corrected chi connectivity index (χ0v) is 21.9. The first-order valence-corrected chi connectivity index (χ1v) is 12.4. The number of aliphatic carboxylic acids is 1. The number of anilines is 1. The number of aromatic nitrogens is 1. The average Bonchev–Trinajstić information content (AvgIpc) is 3.14. The van der Waals surface area contributed by atoms with Crippen molar-refractivity contribution in [2.45, 2.75) is 37.8 Å². The van der Waals surface area contributed by atoms with E-state index >= 15 is 0 Å². The summed E-state index contributed by atoms with van der Waals surface area (Å²) in [6.07, 6.45) is 0. The molecule has 1 aromatic heterocycles. The molecule has 3 heterocycles. The maximum absolute atomic E-state index is 13.1. The molecule has 14 nitrogen and oxygen atoms in total. The molecule has 36 heavy (non-hydrogen) atoms. The first-order valence-electron chi connectivity index (χ1n) is 10.2. The molecule has 1 aromatic rings. The summed E-state index contributed by atoms with van der Waals surface area (Å²) in [6.45, 7) is 4.57. The van der Waals surface area contributed by atoms with Crippen LogP contribution in [0.2, 0.25) is 4.34 Å². The van der Waals surface area contributed by atoms with Crippen LogP contribution in [0.3, 0.4) is 0 Å². The molecule has 1 fully saturated rings. The van der Waals surface area contributed by atoms with Gasteiger partial charge in [0.05, 0.1) is 18.5 Å². The zero-order valence-electron chi connectivity index (χ0n) is 19.5. The molecule has 196 valence electrons. The van der Waals surface area contributed by atoms with E-state index in [-0.39, 0.29) is 32.4 Å². The van der Waals surface area contributed by atoms with Crippen molar-refractivity contribution >= 4 is 69.2 Å². The number of rotatable bonds is 9. The molecular formula is C19H23ClN6O8S2. The predicted octanol–water partition coefficient (Wildman–Crippen LogP) is 0.288. The molecule has 1 unspecified atom stereocenters. The number of nitrogens with zero attached hydrogens (tertiary/aromatic N) is 3. The summed E-state index contributed by atoms with van der Waals surface area (Å²) in [6, 6.07) is -1.07. The molecule has 0 radical (unpaired) electrons. The van der Waals surface area contributed by atoms with Crippen LogP contribution in [-0.2, 0) is 33.6 Å². The number of β-lactam (4-membered cyclic amide) rings is 1. The highest BCUT2D eigenvalue weighted by Crippen LogP contribution is 2.40. The van der Waals surface area contributed by atoms with Crippen molar-refractivity contribution in [2.24, 2.45) is 5.16 Å². The fourth-order valence-electron chi connectivity index (χ4n) is 3.01. The molecule has 0 bridgehead atoms. The summed E-state index contributed by atoms with van der Waals surface area (Å²) >= 11 is 8.22. The average molecular weight is 563 g/mol. The summed E-state index contributed by atoms with van der Waals surface area (Å²) in [5.41, 5.74) is 6.37. The molecule has 3 amide bonds. The highest BCUT2D eigenvalue weighted by atomic mass is 35.5. The van der Waals surface area contributed by atoms with E-state index in [1.54, 1.807) is 20.8 Å². The van der Waals surface area contributed by atoms with Crippen molar-refractivity contribution in [1.82, 2.24) is 20.7 Å². The number of carbonyl (C=O) groups is 4. The summed E-state index contributed by atoms with van der Waals surface area (Å²) in [7, 11) is 1.31. The number of hydroxylamine groups is 1. The van der Waals surface area contributed by atoms with E-state index in [0.717, 1.165) is 16.2 Å². The van der Waals surface area contributed by atoms with Gasteiger partial charge in [-0.3, -0.25) is 24.1 Å². The summed E-state index contributed by atoms with van der Waals surface area (Å²) < 4.78 is 5.11. The van der Waals surface area contributed by atoms with Gasteiger partial charge in [0.1, 0.15) is 27.2 Å². The molecule has 3 rings (SSSR count). The number of ether oxygens (including phenoxy) is 1. The Bertz CT molecular complexity index is 1150. The zero-order chi connectivity index (χ0) is 26.8. The van der Waals surface area contributed by atoms with Gasteiger partial charge in [0.2, 0.25) is 0 Å². The number of fused-ring (bicyclic) bond motifs is 1. The molecular weight excluding hydrogens is 540 g/mol. The number of nitrogens with one attached hydrogen (secondary N) is 2. The first-order chi connectivity index (χ1) is 16.8. The van der Waals surface area contributed by atoms with Gasteiger partial charge in [0.25, 0.3) is 17.7 Å². The van der Waals surface area contributed by atoms with Crippen molar-refractivity contribution < 1.29 is 38.7 Å². The highest BCUT2D eigenvalue weighted by molar-refractivity contribution is 8.00. The minimum Gasteiger partial charge on any atom is -0.498 e. The van der Waals surface area contributed by atoms with Crippen LogP contribution >= 0.6 is 34.7 Å². The fraction of sp³-hybridized carbons (Fsp3) is 0.474. The number of nitrogen functional groups attached to an aromatic ring is 1. The van der Waals surface area contributed by atoms with Crippen LogP contribution in [0.15, 0.2) is 16.6 Å². The molecule has 0 aromatic carbocycles. The monoisotopic (exact) mass is 562 g/mol. The quantitative estimate of drug-likeness (QED) is 0.183. The van der Waals surface area contributed by atoms with Crippen LogP contribution in [0.1, 0.15) is 26.5 Å². The lowest BCUT2D eigenvalue weighted by Crippen LogP contribution is -2.71. The Morgan fingerprint density at radius 1 is 1.36 bits per heavy atom. The van der Waals surface area contributed by atoms with Gasteiger partial charge in [-0.25, -0.2) is 15.3 Å². The molecule has 1 saturated heterocycles. The van der Waals surface area contributed by atoms with E-state index in [1.807, 2.05) is 0 Å². The van der Waals surface area contributed by atoms with E-state index < -0.39 is 53.0 Å². The van der Waals surface area contributed by atoms with Crippen LogP contribution in [0.5, 0.6) is 0 Å². The Kier molecular flexibility index (Phi) is 8.33. The lowest BCUT2D eigenvalue weighted by Gasteiger charge is -2.48. The van der Waals surface area contributed by atoms with Crippen LogP contribution in [0.25, 0.3) is 0 Å². The number of carboxylic acids is 1. The van der Waals surface area contributed by atoms with Crippen molar-refractivity contribution in [3.63, 3.8) is 0 Å². The van der Waals surface area contributed by atoms with Crippen LogP contribution in [0, 0.1) is 0 Å².